The number of aromatic nitrogens is 1. The van der Waals surface area contributed by atoms with E-state index in [0.717, 1.165) is 0 Å². The molecule has 1 heterocycles. The number of rotatable bonds is 3. The molecule has 0 spiro atoms. The maximum Gasteiger partial charge on any atom is 0.0462 e. The summed E-state index contributed by atoms with van der Waals surface area (Å²) in [4.78, 5) is 4.04. The van der Waals surface area contributed by atoms with Gasteiger partial charge in [-0.1, -0.05) is 19.9 Å². The lowest BCUT2D eigenvalue weighted by atomic mass is 9.91. The SMILES string of the molecule is CC(CO)C(C)c1cccnc1. The number of aliphatic hydroxyl groups excluding tert-OH is 1. The Kier molecular flexibility index (Phi) is 3.23. The quantitative estimate of drug-likeness (QED) is 0.741. The number of aliphatic hydroxyl groups is 1. The van der Waals surface area contributed by atoms with Gasteiger partial charge in [0.1, 0.15) is 0 Å². The average Bonchev–Trinajstić information content (AvgIpc) is 2.17. The third-order valence-electron chi connectivity index (χ3n) is 2.35. The van der Waals surface area contributed by atoms with Crippen molar-refractivity contribution < 1.29 is 5.11 Å². The van der Waals surface area contributed by atoms with Gasteiger partial charge in [0.05, 0.1) is 0 Å². The molecule has 2 heteroatoms. The van der Waals surface area contributed by atoms with Crippen LogP contribution in [0.3, 0.4) is 0 Å². The molecule has 1 aromatic heterocycles. The van der Waals surface area contributed by atoms with Crippen molar-refractivity contribution in [2.75, 3.05) is 6.61 Å². The molecule has 66 valence electrons. The summed E-state index contributed by atoms with van der Waals surface area (Å²) in [6.07, 6.45) is 3.62. The van der Waals surface area contributed by atoms with Gasteiger partial charge in [0.25, 0.3) is 0 Å². The molecule has 12 heavy (non-hydrogen) atoms. The zero-order valence-electron chi connectivity index (χ0n) is 7.57. The molecule has 1 rings (SSSR count). The van der Waals surface area contributed by atoms with E-state index in [1.54, 1.807) is 6.20 Å². The smallest absolute Gasteiger partial charge is 0.0462 e. The predicted octanol–water partition coefficient (Wildman–Crippen LogP) is 1.81. The van der Waals surface area contributed by atoms with Gasteiger partial charge in [0.2, 0.25) is 0 Å². The van der Waals surface area contributed by atoms with Crippen molar-refractivity contribution in [2.24, 2.45) is 5.92 Å². The second-order valence-corrected chi connectivity index (χ2v) is 3.23. The zero-order valence-corrected chi connectivity index (χ0v) is 7.57. The predicted molar refractivity (Wildman–Crippen MR) is 48.9 cm³/mol. The van der Waals surface area contributed by atoms with E-state index in [4.69, 9.17) is 5.11 Å². The van der Waals surface area contributed by atoms with Gasteiger partial charge in [-0.05, 0) is 23.5 Å². The van der Waals surface area contributed by atoms with Gasteiger partial charge < -0.3 is 5.11 Å². The van der Waals surface area contributed by atoms with Crippen LogP contribution in [0.1, 0.15) is 25.3 Å². The Morgan fingerprint density at radius 3 is 2.75 bits per heavy atom. The fraction of sp³-hybridized carbons (Fsp3) is 0.500. The fourth-order valence-corrected chi connectivity index (χ4v) is 1.13. The highest BCUT2D eigenvalue weighted by Crippen LogP contribution is 2.22. The molecule has 2 atom stereocenters. The minimum atomic E-state index is 0.232. The number of hydrogen-bond acceptors (Lipinski definition) is 2. The molecule has 0 aliphatic carbocycles. The van der Waals surface area contributed by atoms with Crippen molar-refractivity contribution in [2.45, 2.75) is 19.8 Å². The maximum atomic E-state index is 8.95. The van der Waals surface area contributed by atoms with Gasteiger partial charge in [0.15, 0.2) is 0 Å². The summed E-state index contributed by atoms with van der Waals surface area (Å²) in [6, 6.07) is 3.97. The Morgan fingerprint density at radius 2 is 2.25 bits per heavy atom. The van der Waals surface area contributed by atoms with Gasteiger partial charge in [0, 0.05) is 19.0 Å². The van der Waals surface area contributed by atoms with Gasteiger partial charge in [-0.2, -0.15) is 0 Å². The first-order chi connectivity index (χ1) is 5.75. The minimum absolute atomic E-state index is 0.232. The lowest BCUT2D eigenvalue weighted by Gasteiger charge is -2.16. The van der Waals surface area contributed by atoms with Gasteiger partial charge >= 0.3 is 0 Å². The van der Waals surface area contributed by atoms with Crippen LogP contribution < -0.4 is 0 Å². The Hall–Kier alpha value is -0.890. The van der Waals surface area contributed by atoms with Crippen molar-refractivity contribution in [3.63, 3.8) is 0 Å². The molecule has 1 aromatic rings. The lowest BCUT2D eigenvalue weighted by molar-refractivity contribution is 0.220. The van der Waals surface area contributed by atoms with E-state index >= 15 is 0 Å². The molecular weight excluding hydrogens is 150 g/mol. The van der Waals surface area contributed by atoms with Gasteiger partial charge in [-0.15, -0.1) is 0 Å². The first-order valence-corrected chi connectivity index (χ1v) is 4.26. The van der Waals surface area contributed by atoms with Crippen LogP contribution >= 0.6 is 0 Å². The second kappa shape index (κ2) is 4.21. The highest BCUT2D eigenvalue weighted by Gasteiger charge is 2.12. The second-order valence-electron chi connectivity index (χ2n) is 3.23. The van der Waals surface area contributed by atoms with Crippen LogP contribution in [0.4, 0.5) is 0 Å². The fourth-order valence-electron chi connectivity index (χ4n) is 1.13. The standard InChI is InChI=1S/C10H15NO/c1-8(7-12)9(2)10-4-3-5-11-6-10/h3-6,8-9,12H,7H2,1-2H3. The average molecular weight is 165 g/mol. The summed E-state index contributed by atoms with van der Waals surface area (Å²) in [7, 11) is 0. The van der Waals surface area contributed by atoms with Crippen LogP contribution in [0.2, 0.25) is 0 Å². The summed E-state index contributed by atoms with van der Waals surface area (Å²) >= 11 is 0. The van der Waals surface area contributed by atoms with Crippen LogP contribution in [-0.4, -0.2) is 16.7 Å². The van der Waals surface area contributed by atoms with E-state index in [2.05, 4.69) is 11.9 Å². The van der Waals surface area contributed by atoms with Crippen LogP contribution in [0.15, 0.2) is 24.5 Å². The molecule has 0 aromatic carbocycles. The van der Waals surface area contributed by atoms with E-state index in [0.29, 0.717) is 11.8 Å². The summed E-state index contributed by atoms with van der Waals surface area (Å²) in [6.45, 7) is 4.38. The summed E-state index contributed by atoms with van der Waals surface area (Å²) in [5.74, 6) is 0.679. The van der Waals surface area contributed by atoms with E-state index < -0.39 is 0 Å². The Bertz CT molecular complexity index is 223. The first kappa shape index (κ1) is 9.20. The van der Waals surface area contributed by atoms with E-state index in [9.17, 15) is 0 Å². The molecule has 0 bridgehead atoms. The molecular formula is C10H15NO. The third kappa shape index (κ3) is 2.05. The molecule has 1 N–H and O–H groups in total. The Balaban J connectivity index is 2.71. The van der Waals surface area contributed by atoms with Crippen molar-refractivity contribution in [1.82, 2.24) is 4.98 Å². The summed E-state index contributed by atoms with van der Waals surface area (Å²) in [5, 5.41) is 8.95. The van der Waals surface area contributed by atoms with Crippen molar-refractivity contribution in [3.05, 3.63) is 30.1 Å². The van der Waals surface area contributed by atoms with Crippen LogP contribution in [0.25, 0.3) is 0 Å². The highest BCUT2D eigenvalue weighted by atomic mass is 16.3. The molecule has 2 nitrogen and oxygen atoms in total. The minimum Gasteiger partial charge on any atom is -0.396 e. The van der Waals surface area contributed by atoms with Crippen LogP contribution in [0.5, 0.6) is 0 Å². The van der Waals surface area contributed by atoms with Crippen molar-refractivity contribution in [1.29, 1.82) is 0 Å². The molecule has 0 aliphatic heterocycles. The monoisotopic (exact) mass is 165 g/mol. The van der Waals surface area contributed by atoms with Gasteiger partial charge in [-0.3, -0.25) is 4.98 Å². The van der Waals surface area contributed by atoms with E-state index in [1.165, 1.54) is 5.56 Å². The lowest BCUT2D eigenvalue weighted by Crippen LogP contribution is -2.10. The largest absolute Gasteiger partial charge is 0.396 e. The normalized spacial score (nSPS) is 15.6. The topological polar surface area (TPSA) is 33.1 Å². The Labute approximate surface area is 73.3 Å². The zero-order chi connectivity index (χ0) is 8.97. The highest BCUT2D eigenvalue weighted by molar-refractivity contribution is 5.14. The molecule has 0 saturated carbocycles. The van der Waals surface area contributed by atoms with Crippen molar-refractivity contribution >= 4 is 0 Å². The molecule has 0 fully saturated rings. The Morgan fingerprint density at radius 1 is 1.50 bits per heavy atom. The van der Waals surface area contributed by atoms with Crippen LogP contribution in [0, 0.1) is 5.92 Å². The summed E-state index contributed by atoms with van der Waals surface area (Å²) in [5.41, 5.74) is 1.19. The number of pyridine rings is 1. The van der Waals surface area contributed by atoms with E-state index in [1.807, 2.05) is 25.3 Å². The summed E-state index contributed by atoms with van der Waals surface area (Å²) < 4.78 is 0. The molecule has 0 radical (unpaired) electrons. The molecule has 0 amide bonds. The van der Waals surface area contributed by atoms with Crippen molar-refractivity contribution in [3.8, 4) is 0 Å². The maximum absolute atomic E-state index is 8.95. The first-order valence-electron chi connectivity index (χ1n) is 4.26. The third-order valence-corrected chi connectivity index (χ3v) is 2.35. The number of hydrogen-bond donors (Lipinski definition) is 1. The number of nitrogens with zero attached hydrogens (tertiary/aromatic N) is 1. The molecule has 0 aliphatic rings. The van der Waals surface area contributed by atoms with Crippen LogP contribution in [-0.2, 0) is 0 Å². The van der Waals surface area contributed by atoms with E-state index in [-0.39, 0.29) is 6.61 Å². The van der Waals surface area contributed by atoms with Gasteiger partial charge in [-0.25, -0.2) is 0 Å². The molecule has 2 unspecified atom stereocenters. The molecule has 0 saturated heterocycles.